The van der Waals surface area contributed by atoms with E-state index < -0.39 is 46.0 Å². The van der Waals surface area contributed by atoms with Gasteiger partial charge >= 0.3 is 5.97 Å². The van der Waals surface area contributed by atoms with E-state index in [1.54, 1.807) is 13.8 Å². The molecular weight excluding hydrogens is 374 g/mol. The zero-order valence-electron chi connectivity index (χ0n) is 14.4. The van der Waals surface area contributed by atoms with Crippen molar-refractivity contribution < 1.29 is 24.6 Å². The maximum atomic E-state index is 12.6. The number of carboxylic acids is 1. The first kappa shape index (κ1) is 18.9. The van der Waals surface area contributed by atoms with Crippen molar-refractivity contribution in [2.75, 3.05) is 0 Å². The van der Waals surface area contributed by atoms with Crippen LogP contribution in [0.3, 0.4) is 0 Å². The number of thioether (sulfide) groups is 1. The number of hydrogen-bond acceptors (Lipinski definition) is 6. The van der Waals surface area contributed by atoms with Crippen LogP contribution in [0.15, 0.2) is 29.4 Å². The maximum Gasteiger partial charge on any atom is 0.327 e. The van der Waals surface area contributed by atoms with Crippen molar-refractivity contribution in [2.45, 2.75) is 42.1 Å². The first-order chi connectivity index (χ1) is 12.7. The molecule has 4 atom stereocenters. The molecule has 142 valence electrons. The molecule has 0 aliphatic carbocycles. The van der Waals surface area contributed by atoms with Crippen LogP contribution in [0.25, 0.3) is 10.4 Å². The molecule has 27 heavy (non-hydrogen) atoms. The van der Waals surface area contributed by atoms with E-state index in [0.717, 1.165) is 0 Å². The average Bonchev–Trinajstić information content (AvgIpc) is 2.86. The van der Waals surface area contributed by atoms with Gasteiger partial charge in [-0.15, -0.1) is 11.8 Å². The minimum Gasteiger partial charge on any atom is -0.508 e. The Morgan fingerprint density at radius 3 is 2.56 bits per heavy atom. The molecule has 0 aromatic heterocycles. The molecule has 2 aliphatic rings. The first-order valence-electron chi connectivity index (χ1n) is 8.03. The van der Waals surface area contributed by atoms with Crippen molar-refractivity contribution in [1.82, 2.24) is 10.2 Å². The molecule has 1 unspecified atom stereocenters. The van der Waals surface area contributed by atoms with Gasteiger partial charge < -0.3 is 20.4 Å². The molecule has 0 saturated carbocycles. The number of fused-ring (bicyclic) bond motifs is 1. The van der Waals surface area contributed by atoms with Gasteiger partial charge in [-0.2, -0.15) is 0 Å². The largest absolute Gasteiger partial charge is 0.508 e. The quantitative estimate of drug-likeness (QED) is 0.298. The van der Waals surface area contributed by atoms with Gasteiger partial charge in [0.25, 0.3) is 0 Å². The van der Waals surface area contributed by atoms with E-state index in [-0.39, 0.29) is 5.75 Å². The molecule has 0 spiro atoms. The van der Waals surface area contributed by atoms with Gasteiger partial charge in [-0.3, -0.25) is 9.59 Å². The Morgan fingerprint density at radius 2 is 2.00 bits per heavy atom. The number of carbonyl (C=O) groups excluding carboxylic acids is 2. The number of nitrogens with one attached hydrogen (secondary N) is 1. The number of nitrogens with zero attached hydrogens (tertiary/aromatic N) is 4. The highest BCUT2D eigenvalue weighted by Gasteiger charge is 2.64. The summed E-state index contributed by atoms with van der Waals surface area (Å²) in [6.45, 7) is 3.47. The van der Waals surface area contributed by atoms with Crippen molar-refractivity contribution in [3.05, 3.63) is 40.3 Å². The summed E-state index contributed by atoms with van der Waals surface area (Å²) in [4.78, 5) is 40.5. The number of aliphatic carboxylic acids is 1. The van der Waals surface area contributed by atoms with Crippen molar-refractivity contribution >= 4 is 29.5 Å². The molecule has 2 heterocycles. The van der Waals surface area contributed by atoms with Crippen LogP contribution in [-0.2, 0) is 14.4 Å². The summed E-state index contributed by atoms with van der Waals surface area (Å²) in [5.41, 5.74) is 9.11. The summed E-state index contributed by atoms with van der Waals surface area (Å²) in [6, 6.07) is 2.51. The van der Waals surface area contributed by atoms with Crippen LogP contribution in [-0.4, -0.2) is 55.1 Å². The number of carboxylic acid groups (broad SMARTS) is 1. The number of phenolic OH excluding ortho intramolecular Hbond substituents is 1. The van der Waals surface area contributed by atoms with Gasteiger partial charge in [-0.1, -0.05) is 17.2 Å². The third kappa shape index (κ3) is 3.15. The Hall–Kier alpha value is -2.91. The van der Waals surface area contributed by atoms with E-state index in [4.69, 9.17) is 5.53 Å². The summed E-state index contributed by atoms with van der Waals surface area (Å²) in [7, 11) is 0. The summed E-state index contributed by atoms with van der Waals surface area (Å²) < 4.78 is -0.702. The Labute approximate surface area is 158 Å². The number of amides is 2. The smallest absolute Gasteiger partial charge is 0.327 e. The second-order valence-electron chi connectivity index (χ2n) is 6.78. The average molecular weight is 391 g/mol. The first-order valence-corrected chi connectivity index (χ1v) is 8.91. The Morgan fingerprint density at radius 1 is 1.37 bits per heavy atom. The van der Waals surface area contributed by atoms with E-state index in [2.05, 4.69) is 15.3 Å². The summed E-state index contributed by atoms with van der Waals surface area (Å²) in [5, 5.41) is 24.3. The summed E-state index contributed by atoms with van der Waals surface area (Å²) >= 11 is 1.30. The van der Waals surface area contributed by atoms with E-state index in [1.807, 2.05) is 0 Å². The predicted molar refractivity (Wildman–Crippen MR) is 95.7 cm³/mol. The molecule has 2 fully saturated rings. The predicted octanol–water partition coefficient (Wildman–Crippen LogP) is 1.38. The molecule has 2 amide bonds. The number of phenols is 1. The van der Waals surface area contributed by atoms with Crippen LogP contribution in [0, 0.1) is 0 Å². The zero-order valence-corrected chi connectivity index (χ0v) is 15.3. The summed E-state index contributed by atoms with van der Waals surface area (Å²) in [6.07, 6.45) is 0. The van der Waals surface area contributed by atoms with Gasteiger partial charge in [0.05, 0.1) is 0 Å². The number of hydrogen-bond donors (Lipinski definition) is 3. The highest BCUT2D eigenvalue weighted by atomic mass is 32.2. The fourth-order valence-corrected chi connectivity index (χ4v) is 4.98. The van der Waals surface area contributed by atoms with Gasteiger partial charge in [0, 0.05) is 9.66 Å². The van der Waals surface area contributed by atoms with Gasteiger partial charge in [0.15, 0.2) is 0 Å². The van der Waals surface area contributed by atoms with Crippen LogP contribution < -0.4 is 5.32 Å². The van der Waals surface area contributed by atoms with Crippen LogP contribution in [0.4, 0.5) is 0 Å². The third-order valence-corrected chi connectivity index (χ3v) is 6.17. The highest BCUT2D eigenvalue weighted by molar-refractivity contribution is 8.01. The van der Waals surface area contributed by atoms with Crippen LogP contribution in [0.2, 0.25) is 0 Å². The second kappa shape index (κ2) is 6.67. The zero-order chi connectivity index (χ0) is 19.9. The standard InChI is InChI=1S/C16H17N5O5S/c1-16(2)11(15(25)26)21-13(24)10(14(21)27-16)18-12(23)9(19-20-17)7-3-5-8(22)6-4-7/h3-6,9-11,14,22H,1-2H3,(H,18,23)(H,25,26)/t9?,10-,11+,14-/m1/s1. The second-order valence-corrected chi connectivity index (χ2v) is 8.55. The van der Waals surface area contributed by atoms with Crippen molar-refractivity contribution in [1.29, 1.82) is 0 Å². The van der Waals surface area contributed by atoms with Crippen molar-refractivity contribution in [3.63, 3.8) is 0 Å². The van der Waals surface area contributed by atoms with Crippen LogP contribution >= 0.6 is 11.8 Å². The van der Waals surface area contributed by atoms with E-state index in [9.17, 15) is 24.6 Å². The molecule has 10 nitrogen and oxygen atoms in total. The normalized spacial score (nSPS) is 26.4. The molecular formula is C16H17N5O5S. The lowest BCUT2D eigenvalue weighted by Gasteiger charge is -2.43. The Bertz CT molecular complexity index is 851. The SMILES string of the molecule is CC1(C)S[C@@H]2[C@H](NC(=O)C(N=[N+]=[N-])c3ccc(O)cc3)C(=O)N2[C@H]1C(=O)O. The van der Waals surface area contributed by atoms with Gasteiger partial charge in [0.1, 0.15) is 29.2 Å². The monoisotopic (exact) mass is 391 g/mol. The highest BCUT2D eigenvalue weighted by Crippen LogP contribution is 2.50. The third-order valence-electron chi connectivity index (χ3n) is 4.60. The Balaban J connectivity index is 1.78. The Kier molecular flexibility index (Phi) is 4.66. The van der Waals surface area contributed by atoms with E-state index in [0.29, 0.717) is 5.56 Å². The number of carbonyl (C=O) groups is 3. The lowest BCUT2D eigenvalue weighted by molar-refractivity contribution is -0.161. The number of azide groups is 1. The van der Waals surface area contributed by atoms with Gasteiger partial charge in [0.2, 0.25) is 11.8 Å². The molecule has 2 aliphatic heterocycles. The van der Waals surface area contributed by atoms with Crippen molar-refractivity contribution in [2.24, 2.45) is 5.11 Å². The van der Waals surface area contributed by atoms with Gasteiger partial charge in [-0.05, 0) is 37.1 Å². The number of rotatable bonds is 5. The molecule has 0 bridgehead atoms. The van der Waals surface area contributed by atoms with Crippen LogP contribution in [0.5, 0.6) is 5.75 Å². The fraction of sp³-hybridized carbons (Fsp3) is 0.438. The molecule has 0 radical (unpaired) electrons. The molecule has 1 aromatic rings. The van der Waals surface area contributed by atoms with E-state index >= 15 is 0 Å². The lowest BCUT2D eigenvalue weighted by Crippen LogP contribution is -2.70. The maximum absolute atomic E-state index is 12.6. The number of aromatic hydroxyl groups is 1. The van der Waals surface area contributed by atoms with Crippen LogP contribution in [0.1, 0.15) is 25.5 Å². The molecule has 2 saturated heterocycles. The lowest BCUT2D eigenvalue weighted by atomic mass is 9.95. The van der Waals surface area contributed by atoms with E-state index in [1.165, 1.54) is 40.9 Å². The number of benzene rings is 1. The number of β-lactam (4-membered cyclic amide) rings is 1. The van der Waals surface area contributed by atoms with Gasteiger partial charge in [-0.25, -0.2) is 4.79 Å². The fourth-order valence-electron chi connectivity index (χ4n) is 3.36. The molecule has 1 aromatic carbocycles. The minimum atomic E-state index is -1.22. The minimum absolute atomic E-state index is 0.00652. The molecule has 3 rings (SSSR count). The van der Waals surface area contributed by atoms with Crippen molar-refractivity contribution in [3.8, 4) is 5.75 Å². The molecule has 3 N–H and O–H groups in total. The molecule has 11 heteroatoms. The summed E-state index contributed by atoms with van der Waals surface area (Å²) in [5.74, 6) is -2.25. The topological polar surface area (TPSA) is 156 Å².